The molecular formula is C17H21ClN4O3S. The van der Waals surface area contributed by atoms with Crippen LogP contribution in [0.2, 0.25) is 5.02 Å². The third kappa shape index (κ3) is 4.49. The number of aryl methyl sites for hydroxylation is 2. The number of halogens is 1. The minimum atomic E-state index is -0.291. The van der Waals surface area contributed by atoms with Crippen molar-refractivity contribution in [2.75, 3.05) is 17.7 Å². The number of benzene rings is 1. The molecule has 2 heterocycles. The summed E-state index contributed by atoms with van der Waals surface area (Å²) >= 11 is 7.42. The Morgan fingerprint density at radius 2 is 2.31 bits per heavy atom. The number of carbonyl (C=O) groups excluding carboxylic acids is 1. The Bertz CT molecular complexity index is 835. The Labute approximate surface area is 160 Å². The maximum absolute atomic E-state index is 12.3. The fourth-order valence-electron chi connectivity index (χ4n) is 2.95. The van der Waals surface area contributed by atoms with Crippen molar-refractivity contribution in [2.45, 2.75) is 44.5 Å². The summed E-state index contributed by atoms with van der Waals surface area (Å²) in [6.07, 6.45) is 1.94. The van der Waals surface area contributed by atoms with Crippen LogP contribution in [0.4, 0.5) is 5.69 Å². The summed E-state index contributed by atoms with van der Waals surface area (Å²) in [6, 6.07) is 3.77. The lowest BCUT2D eigenvalue weighted by Crippen LogP contribution is -2.25. The molecule has 1 atom stereocenters. The fourth-order valence-corrected chi connectivity index (χ4v) is 4.07. The van der Waals surface area contributed by atoms with Crippen LogP contribution in [0.25, 0.3) is 0 Å². The van der Waals surface area contributed by atoms with Gasteiger partial charge in [-0.15, -0.1) is 5.10 Å². The van der Waals surface area contributed by atoms with Gasteiger partial charge in [-0.3, -0.25) is 9.36 Å². The van der Waals surface area contributed by atoms with Crippen LogP contribution in [-0.4, -0.2) is 39.1 Å². The van der Waals surface area contributed by atoms with E-state index in [1.165, 1.54) is 16.3 Å². The highest BCUT2D eigenvalue weighted by molar-refractivity contribution is 7.99. The first-order valence-corrected chi connectivity index (χ1v) is 9.76. The molecule has 1 saturated heterocycles. The molecule has 0 unspecified atom stereocenters. The lowest BCUT2D eigenvalue weighted by atomic mass is 10.1. The summed E-state index contributed by atoms with van der Waals surface area (Å²) in [5.41, 5.74) is 2.26. The lowest BCUT2D eigenvalue weighted by Gasteiger charge is -2.12. The van der Waals surface area contributed by atoms with E-state index >= 15 is 0 Å². The average Bonchev–Trinajstić information content (AvgIpc) is 3.21. The van der Waals surface area contributed by atoms with E-state index in [9.17, 15) is 9.59 Å². The molecule has 0 saturated carbocycles. The van der Waals surface area contributed by atoms with Gasteiger partial charge >= 0.3 is 5.69 Å². The molecule has 1 fully saturated rings. The summed E-state index contributed by atoms with van der Waals surface area (Å²) in [6.45, 7) is 5.01. The molecule has 7 nitrogen and oxygen atoms in total. The zero-order valence-electron chi connectivity index (χ0n) is 14.7. The number of carbonyl (C=O) groups is 1. The van der Waals surface area contributed by atoms with Crippen molar-refractivity contribution in [3.63, 3.8) is 0 Å². The normalized spacial score (nSPS) is 16.8. The molecule has 1 amide bonds. The van der Waals surface area contributed by atoms with E-state index in [0.717, 1.165) is 30.6 Å². The highest BCUT2D eigenvalue weighted by atomic mass is 35.5. The van der Waals surface area contributed by atoms with Gasteiger partial charge < -0.3 is 10.1 Å². The Kier molecular flexibility index (Phi) is 6.05. The topological polar surface area (TPSA) is 89.0 Å². The monoisotopic (exact) mass is 396 g/mol. The van der Waals surface area contributed by atoms with E-state index in [1.54, 1.807) is 0 Å². The number of nitrogens with one attached hydrogen (secondary N) is 2. The average molecular weight is 397 g/mol. The molecule has 0 bridgehead atoms. The summed E-state index contributed by atoms with van der Waals surface area (Å²) in [7, 11) is 0. The predicted molar refractivity (Wildman–Crippen MR) is 102 cm³/mol. The molecule has 1 aromatic heterocycles. The third-order valence-corrected chi connectivity index (χ3v) is 5.44. The molecule has 1 aliphatic rings. The quantitative estimate of drug-likeness (QED) is 0.733. The van der Waals surface area contributed by atoms with E-state index < -0.39 is 0 Å². The number of nitrogens with zero attached hydrogens (tertiary/aromatic N) is 2. The van der Waals surface area contributed by atoms with Gasteiger partial charge in [0.1, 0.15) is 0 Å². The predicted octanol–water partition coefficient (Wildman–Crippen LogP) is 2.75. The number of anilines is 1. The number of H-pyrrole nitrogens is 1. The van der Waals surface area contributed by atoms with Crippen LogP contribution in [0.5, 0.6) is 0 Å². The molecule has 26 heavy (non-hydrogen) atoms. The zero-order chi connectivity index (χ0) is 18.7. The van der Waals surface area contributed by atoms with Crippen LogP contribution in [0.3, 0.4) is 0 Å². The van der Waals surface area contributed by atoms with Gasteiger partial charge in [0, 0.05) is 6.61 Å². The van der Waals surface area contributed by atoms with Crippen LogP contribution in [0, 0.1) is 13.8 Å². The number of hydrogen-bond acceptors (Lipinski definition) is 5. The van der Waals surface area contributed by atoms with Crippen LogP contribution >= 0.6 is 23.4 Å². The van der Waals surface area contributed by atoms with Crippen LogP contribution in [0.1, 0.15) is 24.0 Å². The van der Waals surface area contributed by atoms with Crippen molar-refractivity contribution < 1.29 is 9.53 Å². The van der Waals surface area contributed by atoms with Gasteiger partial charge in [0.15, 0.2) is 5.16 Å². The largest absolute Gasteiger partial charge is 0.376 e. The molecule has 0 radical (unpaired) electrons. The molecule has 9 heteroatoms. The van der Waals surface area contributed by atoms with E-state index in [4.69, 9.17) is 16.3 Å². The first kappa shape index (κ1) is 19.0. The minimum Gasteiger partial charge on any atom is -0.376 e. The molecule has 2 aromatic rings. The van der Waals surface area contributed by atoms with Gasteiger partial charge in [0.05, 0.1) is 29.1 Å². The molecule has 3 rings (SSSR count). The fraction of sp³-hybridized carbons (Fsp3) is 0.471. The summed E-state index contributed by atoms with van der Waals surface area (Å²) in [4.78, 5) is 24.2. The highest BCUT2D eigenvalue weighted by Crippen LogP contribution is 2.27. The van der Waals surface area contributed by atoms with Crippen molar-refractivity contribution in [3.8, 4) is 0 Å². The van der Waals surface area contributed by atoms with E-state index in [1.807, 2.05) is 26.0 Å². The Morgan fingerprint density at radius 3 is 3.00 bits per heavy atom. The second-order valence-electron chi connectivity index (χ2n) is 6.33. The van der Waals surface area contributed by atoms with Gasteiger partial charge in [0.2, 0.25) is 5.91 Å². The molecule has 0 spiro atoms. The van der Waals surface area contributed by atoms with Crippen molar-refractivity contribution in [1.29, 1.82) is 0 Å². The molecule has 1 aliphatic heterocycles. The number of aromatic amines is 1. The Morgan fingerprint density at radius 1 is 1.50 bits per heavy atom. The second kappa shape index (κ2) is 8.28. The van der Waals surface area contributed by atoms with Crippen molar-refractivity contribution in [2.24, 2.45) is 0 Å². The molecular weight excluding hydrogens is 376 g/mol. The van der Waals surface area contributed by atoms with Gasteiger partial charge in [-0.05, 0) is 43.9 Å². The van der Waals surface area contributed by atoms with Gasteiger partial charge in [0.25, 0.3) is 0 Å². The SMILES string of the molecule is Cc1cc(C)c(NC(=O)CSc2n[nH]c(=O)n2C[C@H]2CCCO2)c(Cl)c1. The smallest absolute Gasteiger partial charge is 0.344 e. The van der Waals surface area contributed by atoms with Gasteiger partial charge in [-0.2, -0.15) is 0 Å². The third-order valence-electron chi connectivity index (χ3n) is 4.16. The van der Waals surface area contributed by atoms with Crippen molar-refractivity contribution in [1.82, 2.24) is 14.8 Å². The van der Waals surface area contributed by atoms with Crippen molar-refractivity contribution >= 4 is 35.0 Å². The van der Waals surface area contributed by atoms with Crippen molar-refractivity contribution in [3.05, 3.63) is 38.8 Å². The molecule has 140 valence electrons. The van der Waals surface area contributed by atoms with Crippen LogP contribution < -0.4 is 11.0 Å². The molecule has 2 N–H and O–H groups in total. The van der Waals surface area contributed by atoms with Crippen LogP contribution in [-0.2, 0) is 16.1 Å². The maximum Gasteiger partial charge on any atom is 0.344 e. The Hall–Kier alpha value is -1.77. The molecule has 0 aliphatic carbocycles. The Balaban J connectivity index is 1.62. The number of rotatable bonds is 6. The number of amides is 1. The van der Waals surface area contributed by atoms with E-state index in [0.29, 0.717) is 22.4 Å². The van der Waals surface area contributed by atoms with Gasteiger partial charge in [-0.25, -0.2) is 9.89 Å². The lowest BCUT2D eigenvalue weighted by molar-refractivity contribution is -0.113. The summed E-state index contributed by atoms with van der Waals surface area (Å²) in [5, 5.41) is 10.3. The van der Waals surface area contributed by atoms with E-state index in [-0.39, 0.29) is 23.5 Å². The van der Waals surface area contributed by atoms with Gasteiger partial charge in [-0.1, -0.05) is 29.4 Å². The minimum absolute atomic E-state index is 0.0208. The first-order valence-electron chi connectivity index (χ1n) is 8.40. The highest BCUT2D eigenvalue weighted by Gasteiger charge is 2.20. The number of hydrogen-bond donors (Lipinski definition) is 2. The first-order chi connectivity index (χ1) is 12.4. The summed E-state index contributed by atoms with van der Waals surface area (Å²) in [5.74, 6) is -0.0811. The number of thioether (sulfide) groups is 1. The molecule has 1 aromatic carbocycles. The summed E-state index contributed by atoms with van der Waals surface area (Å²) < 4.78 is 7.10. The zero-order valence-corrected chi connectivity index (χ0v) is 16.2. The van der Waals surface area contributed by atoms with Crippen LogP contribution in [0.15, 0.2) is 22.1 Å². The van der Waals surface area contributed by atoms with E-state index in [2.05, 4.69) is 15.5 Å². The number of ether oxygens (including phenoxy) is 1. The number of aromatic nitrogens is 3. The second-order valence-corrected chi connectivity index (χ2v) is 7.68. The standard InChI is InChI=1S/C17H21ClN4O3S/c1-10-6-11(2)15(13(18)7-10)19-14(23)9-26-17-21-20-16(24)22(17)8-12-4-3-5-25-12/h6-7,12H,3-5,8-9H2,1-2H3,(H,19,23)(H,20,24)/t12-/m1/s1. The maximum atomic E-state index is 12.3.